The van der Waals surface area contributed by atoms with Gasteiger partial charge in [-0.1, -0.05) is 12.8 Å². The summed E-state index contributed by atoms with van der Waals surface area (Å²) >= 11 is 0. The van der Waals surface area contributed by atoms with Crippen LogP contribution in [0.3, 0.4) is 0 Å². The van der Waals surface area contributed by atoms with Crippen LogP contribution in [0.4, 0.5) is 9.59 Å². The Morgan fingerprint density at radius 2 is 0.971 bits per heavy atom. The number of hydrogen-bond donors (Lipinski definition) is 4. The highest BCUT2D eigenvalue weighted by atomic mass is 16.6. The summed E-state index contributed by atoms with van der Waals surface area (Å²) in [5, 5.41) is 23.3. The van der Waals surface area contributed by atoms with E-state index in [0.717, 1.165) is 25.7 Å². The van der Waals surface area contributed by atoms with Crippen LogP contribution in [0.2, 0.25) is 0 Å². The Morgan fingerprint density at radius 1 is 0.647 bits per heavy atom. The van der Waals surface area contributed by atoms with Crippen LogP contribution in [0.5, 0.6) is 0 Å². The second kappa shape index (κ2) is 12.8. The summed E-state index contributed by atoms with van der Waals surface area (Å²) in [5.74, 6) is -2.24. The molecule has 0 spiro atoms. The summed E-state index contributed by atoms with van der Waals surface area (Å²) in [5.41, 5.74) is -1.05. The second-order valence-corrected chi connectivity index (χ2v) is 11.1. The lowest BCUT2D eigenvalue weighted by molar-refractivity contribution is -0.144. The predicted molar refractivity (Wildman–Crippen MR) is 126 cm³/mol. The zero-order chi connectivity index (χ0) is 26.1. The van der Waals surface area contributed by atoms with Gasteiger partial charge in [-0.3, -0.25) is 9.59 Å². The van der Waals surface area contributed by atoms with Crippen molar-refractivity contribution in [2.75, 3.05) is 0 Å². The minimum Gasteiger partial charge on any atom is -0.481 e. The average Bonchev–Trinajstić information content (AvgIpc) is 2.65. The Kier molecular flexibility index (Phi) is 11.1. The molecule has 2 amide bonds. The molecule has 0 saturated heterocycles. The molecule has 0 aliphatic heterocycles. The van der Waals surface area contributed by atoms with E-state index in [1.807, 2.05) is 0 Å². The fourth-order valence-electron chi connectivity index (χ4n) is 4.04. The lowest BCUT2D eigenvalue weighted by Gasteiger charge is -2.28. The van der Waals surface area contributed by atoms with Crippen molar-refractivity contribution in [3.05, 3.63) is 0 Å². The summed E-state index contributed by atoms with van der Waals surface area (Å²) in [7, 11) is 0. The van der Waals surface area contributed by atoms with Crippen LogP contribution in [-0.4, -0.2) is 57.6 Å². The van der Waals surface area contributed by atoms with Crippen LogP contribution in [0.1, 0.15) is 92.9 Å². The quantitative estimate of drug-likeness (QED) is 0.459. The Bertz CT molecular complexity index is 651. The smallest absolute Gasteiger partial charge is 0.407 e. The summed E-state index contributed by atoms with van der Waals surface area (Å²) in [6, 6.07) is -0.167. The predicted octanol–water partition coefficient (Wildman–Crippen LogP) is 4.31. The summed E-state index contributed by atoms with van der Waals surface area (Å²) in [6.07, 6.45) is 4.76. The molecule has 2 rings (SSSR count). The van der Waals surface area contributed by atoms with Gasteiger partial charge in [-0.05, 0) is 80.1 Å². The van der Waals surface area contributed by atoms with Gasteiger partial charge in [-0.2, -0.15) is 0 Å². The highest BCUT2D eigenvalue weighted by Crippen LogP contribution is 2.25. The van der Waals surface area contributed by atoms with E-state index in [1.54, 1.807) is 41.5 Å². The van der Waals surface area contributed by atoms with Gasteiger partial charge in [0.05, 0.1) is 11.8 Å². The molecule has 4 unspecified atom stereocenters. The van der Waals surface area contributed by atoms with Crippen LogP contribution >= 0.6 is 0 Å². The van der Waals surface area contributed by atoms with Crippen molar-refractivity contribution in [2.24, 2.45) is 11.8 Å². The Labute approximate surface area is 202 Å². The monoisotopic (exact) mass is 486 g/mol. The molecule has 2 saturated carbocycles. The molecule has 10 heteroatoms. The molecule has 4 atom stereocenters. The molecule has 34 heavy (non-hydrogen) atoms. The highest BCUT2D eigenvalue weighted by Gasteiger charge is 2.30. The topological polar surface area (TPSA) is 151 Å². The van der Waals surface area contributed by atoms with Gasteiger partial charge in [-0.15, -0.1) is 0 Å². The van der Waals surface area contributed by atoms with E-state index in [2.05, 4.69) is 10.6 Å². The van der Waals surface area contributed by atoms with Gasteiger partial charge in [0.25, 0.3) is 0 Å². The first-order valence-corrected chi connectivity index (χ1v) is 12.0. The molecule has 0 aromatic heterocycles. The molecule has 0 aromatic rings. The maximum absolute atomic E-state index is 11.5. The summed E-state index contributed by atoms with van der Waals surface area (Å²) in [6.45, 7) is 10.8. The van der Waals surface area contributed by atoms with E-state index < -0.39 is 35.3 Å². The van der Waals surface area contributed by atoms with Crippen LogP contribution in [-0.2, 0) is 19.1 Å². The van der Waals surface area contributed by atoms with E-state index in [9.17, 15) is 19.2 Å². The lowest BCUT2D eigenvalue weighted by atomic mass is 9.86. The van der Waals surface area contributed by atoms with Crippen molar-refractivity contribution >= 4 is 24.1 Å². The number of alkyl carbamates (subject to hydrolysis) is 2. The third-order valence-corrected chi connectivity index (χ3v) is 5.49. The SMILES string of the molecule is CC(C)(C)OC(=O)NC1CCCC(C(=O)O)C1.CC(C)(C)OC(=O)NC1CCCC(C(=O)O)C1. The maximum Gasteiger partial charge on any atom is 0.407 e. The number of carboxylic acids is 2. The number of carbonyl (C=O) groups is 4. The molecule has 0 aromatic carbocycles. The van der Waals surface area contributed by atoms with Gasteiger partial charge < -0.3 is 30.3 Å². The normalized spacial score (nSPS) is 25.1. The first-order valence-electron chi connectivity index (χ1n) is 12.0. The molecule has 0 radical (unpaired) electrons. The van der Waals surface area contributed by atoms with Crippen LogP contribution in [0.25, 0.3) is 0 Å². The first-order chi connectivity index (χ1) is 15.6. The third-order valence-electron chi connectivity index (χ3n) is 5.49. The maximum atomic E-state index is 11.5. The number of carboxylic acid groups (broad SMARTS) is 2. The molecule has 196 valence electrons. The molecular weight excluding hydrogens is 444 g/mol. The third kappa shape index (κ3) is 12.6. The van der Waals surface area contributed by atoms with Gasteiger partial charge in [0, 0.05) is 12.1 Å². The van der Waals surface area contributed by atoms with Crippen molar-refractivity contribution in [3.8, 4) is 0 Å². The molecule has 2 aliphatic rings. The van der Waals surface area contributed by atoms with E-state index >= 15 is 0 Å². The minimum atomic E-state index is -0.777. The van der Waals surface area contributed by atoms with E-state index in [1.165, 1.54) is 0 Å². The standard InChI is InChI=1S/2C12H21NO4/c2*1-12(2,3)17-11(16)13-9-6-4-5-8(7-9)10(14)15/h2*8-9H,4-7H2,1-3H3,(H,13,16)(H,14,15). The van der Waals surface area contributed by atoms with Gasteiger partial charge in [0.1, 0.15) is 11.2 Å². The van der Waals surface area contributed by atoms with E-state index in [-0.39, 0.29) is 23.9 Å². The number of hydrogen-bond acceptors (Lipinski definition) is 6. The molecule has 10 nitrogen and oxygen atoms in total. The Balaban J connectivity index is 0.000000340. The van der Waals surface area contributed by atoms with Crippen molar-refractivity contribution in [3.63, 3.8) is 0 Å². The van der Waals surface area contributed by atoms with Gasteiger partial charge in [0.2, 0.25) is 0 Å². The fraction of sp³-hybridized carbons (Fsp3) is 0.833. The van der Waals surface area contributed by atoms with Crippen molar-refractivity contribution < 1.29 is 38.9 Å². The van der Waals surface area contributed by atoms with Gasteiger partial charge >= 0.3 is 24.1 Å². The second-order valence-electron chi connectivity index (χ2n) is 11.1. The average molecular weight is 487 g/mol. The van der Waals surface area contributed by atoms with Crippen molar-refractivity contribution in [1.29, 1.82) is 0 Å². The van der Waals surface area contributed by atoms with Crippen molar-refractivity contribution in [1.82, 2.24) is 10.6 Å². The zero-order valence-electron chi connectivity index (χ0n) is 21.3. The molecular formula is C24H42N2O8. The van der Waals surface area contributed by atoms with Crippen LogP contribution < -0.4 is 10.6 Å². The summed E-state index contributed by atoms with van der Waals surface area (Å²) in [4.78, 5) is 44.8. The van der Waals surface area contributed by atoms with Gasteiger partial charge in [0.15, 0.2) is 0 Å². The zero-order valence-corrected chi connectivity index (χ0v) is 21.3. The number of rotatable bonds is 4. The summed E-state index contributed by atoms with van der Waals surface area (Å²) < 4.78 is 10.3. The minimum absolute atomic E-state index is 0.0836. The van der Waals surface area contributed by atoms with E-state index in [0.29, 0.717) is 25.7 Å². The molecule has 4 N–H and O–H groups in total. The van der Waals surface area contributed by atoms with Crippen molar-refractivity contribution in [2.45, 2.75) is 116 Å². The number of nitrogens with one attached hydrogen (secondary N) is 2. The highest BCUT2D eigenvalue weighted by molar-refractivity contribution is 5.71. The number of carbonyl (C=O) groups excluding carboxylic acids is 2. The van der Waals surface area contributed by atoms with Gasteiger partial charge in [-0.25, -0.2) is 9.59 Å². The first kappa shape index (κ1) is 29.5. The van der Waals surface area contributed by atoms with E-state index in [4.69, 9.17) is 19.7 Å². The number of amides is 2. The van der Waals surface area contributed by atoms with Crippen LogP contribution in [0.15, 0.2) is 0 Å². The Morgan fingerprint density at radius 3 is 1.24 bits per heavy atom. The Hall–Kier alpha value is -2.52. The molecule has 2 aliphatic carbocycles. The lowest BCUT2D eigenvalue weighted by Crippen LogP contribution is -2.42. The molecule has 2 fully saturated rings. The molecule has 0 heterocycles. The number of aliphatic carboxylic acids is 2. The largest absolute Gasteiger partial charge is 0.481 e. The van der Waals surface area contributed by atoms with Crippen LogP contribution in [0, 0.1) is 11.8 Å². The number of ether oxygens (including phenoxy) is 2. The molecule has 0 bridgehead atoms. The fourth-order valence-corrected chi connectivity index (χ4v) is 4.04.